The molecular weight excluding hydrogens is 260 g/mol. The van der Waals surface area contributed by atoms with E-state index in [9.17, 15) is 14.4 Å². The van der Waals surface area contributed by atoms with Gasteiger partial charge in [0.25, 0.3) is 0 Å². The van der Waals surface area contributed by atoms with E-state index in [2.05, 4.69) is 0 Å². The predicted octanol–water partition coefficient (Wildman–Crippen LogP) is 2.27. The molecule has 114 valence electrons. The molecule has 0 unspecified atom stereocenters. The lowest BCUT2D eigenvalue weighted by molar-refractivity contribution is -0.156. The molecule has 0 aromatic rings. The summed E-state index contributed by atoms with van der Waals surface area (Å²) in [6.45, 7) is 5.83. The van der Waals surface area contributed by atoms with Gasteiger partial charge in [-0.15, -0.1) is 0 Å². The predicted molar refractivity (Wildman–Crippen MR) is 72.9 cm³/mol. The van der Waals surface area contributed by atoms with Gasteiger partial charge in [0, 0.05) is 18.8 Å². The molecule has 5 nitrogen and oxygen atoms in total. The summed E-state index contributed by atoms with van der Waals surface area (Å²) in [5, 5.41) is 0. The Kier molecular flexibility index (Phi) is 6.68. The van der Waals surface area contributed by atoms with E-state index in [-0.39, 0.29) is 30.8 Å². The van der Waals surface area contributed by atoms with Crippen LogP contribution < -0.4 is 0 Å². The Bertz CT molecular complexity index is 363. The molecule has 1 aliphatic rings. The number of carbonyl (C=O) groups is 3. The van der Waals surface area contributed by atoms with E-state index < -0.39 is 17.9 Å². The summed E-state index contributed by atoms with van der Waals surface area (Å²) < 4.78 is 10.2. The van der Waals surface area contributed by atoms with Crippen molar-refractivity contribution in [2.24, 2.45) is 11.8 Å². The fourth-order valence-electron chi connectivity index (χ4n) is 2.65. The van der Waals surface area contributed by atoms with Crippen molar-refractivity contribution < 1.29 is 23.9 Å². The van der Waals surface area contributed by atoms with E-state index in [4.69, 9.17) is 9.47 Å². The number of carbonyl (C=O) groups excluding carboxylic acids is 3. The Morgan fingerprint density at radius 2 is 1.90 bits per heavy atom. The quantitative estimate of drug-likeness (QED) is 0.505. The van der Waals surface area contributed by atoms with E-state index in [0.29, 0.717) is 12.8 Å². The summed E-state index contributed by atoms with van der Waals surface area (Å²) >= 11 is 0. The van der Waals surface area contributed by atoms with Crippen molar-refractivity contribution in [3.05, 3.63) is 0 Å². The zero-order valence-electron chi connectivity index (χ0n) is 12.5. The highest BCUT2D eigenvalue weighted by Crippen LogP contribution is 2.35. The van der Waals surface area contributed by atoms with Gasteiger partial charge in [-0.25, -0.2) is 0 Å². The normalized spacial score (nSPS) is 25.4. The molecular formula is C15H24O5. The van der Waals surface area contributed by atoms with Crippen LogP contribution in [0, 0.1) is 11.8 Å². The standard InChI is InChI=1S/C15H24O5/c1-4-7-10(16)9-11-12(8-5-2)20-15(18)13(11)14(17)19-6-3/h11-13H,4-9H2,1-3H3/t11-,12+,13-/m0/s1. The number of Topliss-reactive ketones (excluding diaryl/α,β-unsaturated/α-hetero) is 1. The number of cyclic esters (lactones) is 1. The Labute approximate surface area is 120 Å². The highest BCUT2D eigenvalue weighted by atomic mass is 16.6. The number of ether oxygens (including phenoxy) is 2. The molecule has 1 saturated heterocycles. The third kappa shape index (κ3) is 4.05. The third-order valence-corrected chi connectivity index (χ3v) is 3.53. The highest BCUT2D eigenvalue weighted by molar-refractivity contribution is 5.97. The lowest BCUT2D eigenvalue weighted by Gasteiger charge is -2.19. The van der Waals surface area contributed by atoms with E-state index >= 15 is 0 Å². The first kappa shape index (κ1) is 16.7. The minimum atomic E-state index is -0.938. The molecule has 0 amide bonds. The lowest BCUT2D eigenvalue weighted by Crippen LogP contribution is -2.31. The van der Waals surface area contributed by atoms with Gasteiger partial charge in [0.15, 0.2) is 5.92 Å². The monoisotopic (exact) mass is 284 g/mol. The van der Waals surface area contributed by atoms with Gasteiger partial charge in [0.1, 0.15) is 11.9 Å². The van der Waals surface area contributed by atoms with Crippen LogP contribution in [0.5, 0.6) is 0 Å². The van der Waals surface area contributed by atoms with E-state index in [1.54, 1.807) is 6.92 Å². The minimum absolute atomic E-state index is 0.0752. The summed E-state index contributed by atoms with van der Waals surface area (Å²) in [5.41, 5.74) is 0. The summed E-state index contributed by atoms with van der Waals surface area (Å²) in [7, 11) is 0. The fraction of sp³-hybridized carbons (Fsp3) is 0.800. The van der Waals surface area contributed by atoms with Crippen molar-refractivity contribution in [1.82, 2.24) is 0 Å². The molecule has 3 atom stereocenters. The first-order valence-electron chi connectivity index (χ1n) is 7.43. The average molecular weight is 284 g/mol. The van der Waals surface area contributed by atoms with Gasteiger partial charge in [-0.2, -0.15) is 0 Å². The SMILES string of the molecule is CCCC(=O)C[C@@H]1[C@@H](C(=O)OCC)C(=O)O[C@@H]1CCC. The molecule has 0 aliphatic carbocycles. The van der Waals surface area contributed by atoms with Crippen molar-refractivity contribution >= 4 is 17.7 Å². The minimum Gasteiger partial charge on any atom is -0.465 e. The van der Waals surface area contributed by atoms with Crippen LogP contribution in [-0.2, 0) is 23.9 Å². The Morgan fingerprint density at radius 1 is 1.20 bits per heavy atom. The molecule has 0 aromatic carbocycles. The molecule has 1 rings (SSSR count). The molecule has 1 aliphatic heterocycles. The van der Waals surface area contributed by atoms with Crippen LogP contribution in [0.25, 0.3) is 0 Å². The third-order valence-electron chi connectivity index (χ3n) is 3.53. The van der Waals surface area contributed by atoms with Crippen LogP contribution in [0.3, 0.4) is 0 Å². The van der Waals surface area contributed by atoms with Crippen LogP contribution in [0.15, 0.2) is 0 Å². The van der Waals surface area contributed by atoms with Crippen LogP contribution in [-0.4, -0.2) is 30.4 Å². The molecule has 0 radical (unpaired) electrons. The highest BCUT2D eigenvalue weighted by Gasteiger charge is 2.49. The largest absolute Gasteiger partial charge is 0.465 e. The summed E-state index contributed by atoms with van der Waals surface area (Å²) in [4.78, 5) is 35.7. The molecule has 5 heteroatoms. The number of esters is 2. The zero-order valence-corrected chi connectivity index (χ0v) is 12.5. The molecule has 1 heterocycles. The number of ketones is 1. The maximum atomic E-state index is 11.9. The molecule has 0 bridgehead atoms. The smallest absolute Gasteiger partial charge is 0.321 e. The van der Waals surface area contributed by atoms with Gasteiger partial charge in [0.05, 0.1) is 6.61 Å². The van der Waals surface area contributed by atoms with Gasteiger partial charge in [0.2, 0.25) is 0 Å². The Balaban J connectivity index is 2.84. The second kappa shape index (κ2) is 8.02. The Hall–Kier alpha value is -1.39. The maximum absolute atomic E-state index is 11.9. The van der Waals surface area contributed by atoms with Gasteiger partial charge < -0.3 is 9.47 Å². The van der Waals surface area contributed by atoms with E-state index in [1.165, 1.54) is 0 Å². The second-order valence-corrected chi connectivity index (χ2v) is 5.15. The molecule has 0 aromatic heterocycles. The number of rotatable bonds is 8. The molecule has 1 fully saturated rings. The second-order valence-electron chi connectivity index (χ2n) is 5.15. The maximum Gasteiger partial charge on any atom is 0.321 e. The van der Waals surface area contributed by atoms with Gasteiger partial charge in [-0.3, -0.25) is 14.4 Å². The number of hydrogen-bond donors (Lipinski definition) is 0. The van der Waals surface area contributed by atoms with Crippen molar-refractivity contribution in [2.75, 3.05) is 6.61 Å². The molecule has 0 saturated carbocycles. The average Bonchev–Trinajstić information content (AvgIpc) is 2.66. The first-order valence-corrected chi connectivity index (χ1v) is 7.43. The first-order chi connectivity index (χ1) is 9.54. The molecule has 0 N–H and O–H groups in total. The summed E-state index contributed by atoms with van der Waals surface area (Å²) in [6, 6.07) is 0. The van der Waals surface area contributed by atoms with E-state index in [0.717, 1.165) is 12.8 Å². The van der Waals surface area contributed by atoms with Crippen molar-refractivity contribution in [3.63, 3.8) is 0 Å². The van der Waals surface area contributed by atoms with Crippen LogP contribution in [0.1, 0.15) is 52.9 Å². The molecule has 0 spiro atoms. The van der Waals surface area contributed by atoms with Gasteiger partial charge in [-0.05, 0) is 19.8 Å². The van der Waals surface area contributed by atoms with Crippen LogP contribution in [0.2, 0.25) is 0 Å². The summed E-state index contributed by atoms with van der Waals surface area (Å²) in [6.07, 6.45) is 2.62. The van der Waals surface area contributed by atoms with Crippen molar-refractivity contribution in [2.45, 2.75) is 59.0 Å². The van der Waals surface area contributed by atoms with E-state index in [1.807, 2.05) is 13.8 Å². The van der Waals surface area contributed by atoms with Gasteiger partial charge in [-0.1, -0.05) is 20.3 Å². The summed E-state index contributed by atoms with van der Waals surface area (Å²) in [5.74, 6) is -2.35. The van der Waals surface area contributed by atoms with Crippen LogP contribution >= 0.6 is 0 Å². The van der Waals surface area contributed by atoms with Crippen molar-refractivity contribution in [1.29, 1.82) is 0 Å². The van der Waals surface area contributed by atoms with Crippen LogP contribution in [0.4, 0.5) is 0 Å². The number of hydrogen-bond acceptors (Lipinski definition) is 5. The van der Waals surface area contributed by atoms with Gasteiger partial charge >= 0.3 is 11.9 Å². The topological polar surface area (TPSA) is 69.7 Å². The Morgan fingerprint density at radius 3 is 2.45 bits per heavy atom. The zero-order chi connectivity index (χ0) is 15.1. The fourth-order valence-corrected chi connectivity index (χ4v) is 2.65. The molecule has 20 heavy (non-hydrogen) atoms. The lowest BCUT2D eigenvalue weighted by atomic mass is 9.84. The van der Waals surface area contributed by atoms with Crippen molar-refractivity contribution in [3.8, 4) is 0 Å².